The second-order valence-corrected chi connectivity index (χ2v) is 8.35. The van der Waals surface area contributed by atoms with Crippen LogP contribution in [0.4, 0.5) is 14.5 Å². The van der Waals surface area contributed by atoms with Gasteiger partial charge in [-0.3, -0.25) is 9.59 Å². The van der Waals surface area contributed by atoms with E-state index >= 15 is 0 Å². The molecule has 1 saturated heterocycles. The summed E-state index contributed by atoms with van der Waals surface area (Å²) in [6, 6.07) is 6.85. The number of nitrogens with zero attached hydrogens (tertiary/aromatic N) is 1. The maximum Gasteiger partial charge on any atom is 0.265 e. The Hall–Kier alpha value is -2.49. The molecule has 10 heteroatoms. The highest BCUT2D eigenvalue weighted by molar-refractivity contribution is 8.26. The third kappa shape index (κ3) is 3.98. The molecule has 2 aromatic carbocycles. The molecule has 2 amide bonds. The molecule has 0 saturated carbocycles. The molecule has 29 heavy (non-hydrogen) atoms. The van der Waals surface area contributed by atoms with E-state index in [0.29, 0.717) is 20.4 Å². The van der Waals surface area contributed by atoms with Gasteiger partial charge in [0.05, 0.1) is 22.2 Å². The summed E-state index contributed by atoms with van der Waals surface area (Å²) in [5, 5.41) is 2.41. The van der Waals surface area contributed by atoms with Crippen molar-refractivity contribution in [2.24, 2.45) is 0 Å². The van der Waals surface area contributed by atoms with E-state index in [4.69, 9.17) is 28.6 Å². The first kappa shape index (κ1) is 19.8. The maximum absolute atomic E-state index is 14.6. The van der Waals surface area contributed by atoms with Gasteiger partial charge in [0.15, 0.2) is 18.2 Å². The number of carbonyl (C=O) groups is 2. The molecule has 0 aliphatic carbocycles. The van der Waals surface area contributed by atoms with E-state index in [-0.39, 0.29) is 35.5 Å². The van der Waals surface area contributed by atoms with Crippen molar-refractivity contribution in [3.63, 3.8) is 0 Å². The lowest BCUT2D eigenvalue weighted by atomic mass is 10.1. The molecule has 0 spiro atoms. The average Bonchev–Trinajstić information content (AvgIpc) is 2.97. The van der Waals surface area contributed by atoms with Gasteiger partial charge in [-0.1, -0.05) is 41.6 Å². The van der Waals surface area contributed by atoms with Gasteiger partial charge in [0.1, 0.15) is 10.1 Å². The molecule has 148 valence electrons. The van der Waals surface area contributed by atoms with E-state index in [9.17, 15) is 18.4 Å². The van der Waals surface area contributed by atoms with Gasteiger partial charge in [-0.15, -0.1) is 0 Å². The Balaban J connectivity index is 1.73. The predicted octanol–water partition coefficient (Wildman–Crippen LogP) is 4.03. The SMILES string of the molecule is O=C1NC(=S)S/C1=C/c1cc(F)c2c(c1)N(Cc1ccc(F)c(Cl)c1)C(=O)CO2. The highest BCUT2D eigenvalue weighted by atomic mass is 35.5. The van der Waals surface area contributed by atoms with Crippen molar-refractivity contribution in [2.45, 2.75) is 6.54 Å². The molecule has 0 atom stereocenters. The summed E-state index contributed by atoms with van der Waals surface area (Å²) >= 11 is 11.8. The fourth-order valence-electron chi connectivity index (χ4n) is 2.94. The van der Waals surface area contributed by atoms with Crippen LogP contribution in [0.1, 0.15) is 11.1 Å². The van der Waals surface area contributed by atoms with Crippen LogP contribution >= 0.6 is 35.6 Å². The zero-order chi connectivity index (χ0) is 20.7. The molecule has 1 fully saturated rings. The lowest BCUT2D eigenvalue weighted by molar-refractivity contribution is -0.121. The Bertz CT molecular complexity index is 1110. The molecule has 0 unspecified atom stereocenters. The van der Waals surface area contributed by atoms with Gasteiger partial charge in [0.25, 0.3) is 11.8 Å². The topological polar surface area (TPSA) is 58.6 Å². The first-order valence-electron chi connectivity index (χ1n) is 8.27. The Labute approximate surface area is 178 Å². The summed E-state index contributed by atoms with van der Waals surface area (Å²) in [7, 11) is 0. The normalized spacial score (nSPS) is 17.4. The molecular formula is C19H11ClF2N2O3S2. The lowest BCUT2D eigenvalue weighted by Gasteiger charge is -2.30. The minimum atomic E-state index is -0.671. The second-order valence-electron chi connectivity index (χ2n) is 6.22. The quantitative estimate of drug-likeness (QED) is 0.563. The number of rotatable bonds is 3. The van der Waals surface area contributed by atoms with Gasteiger partial charge >= 0.3 is 0 Å². The number of hydrogen-bond donors (Lipinski definition) is 1. The zero-order valence-corrected chi connectivity index (χ0v) is 16.9. The first-order chi connectivity index (χ1) is 13.8. The summed E-state index contributed by atoms with van der Waals surface area (Å²) in [5.74, 6) is -2.08. The Morgan fingerprint density at radius 2 is 2.03 bits per heavy atom. The van der Waals surface area contributed by atoms with Gasteiger partial charge in [0, 0.05) is 0 Å². The van der Waals surface area contributed by atoms with Gasteiger partial charge in [-0.2, -0.15) is 0 Å². The number of ether oxygens (including phenoxy) is 1. The van der Waals surface area contributed by atoms with Crippen LogP contribution in [0.3, 0.4) is 0 Å². The molecule has 0 bridgehead atoms. The third-order valence-corrected chi connectivity index (χ3v) is 5.69. The first-order valence-corrected chi connectivity index (χ1v) is 9.87. The third-order valence-electron chi connectivity index (χ3n) is 4.24. The van der Waals surface area contributed by atoms with Crippen LogP contribution in [0, 0.1) is 11.6 Å². The van der Waals surface area contributed by atoms with Crippen molar-refractivity contribution in [3.05, 3.63) is 63.0 Å². The van der Waals surface area contributed by atoms with E-state index in [1.165, 1.54) is 35.2 Å². The molecule has 2 aliphatic rings. The molecule has 2 aromatic rings. The highest BCUT2D eigenvalue weighted by Crippen LogP contribution is 2.38. The molecule has 4 rings (SSSR count). The van der Waals surface area contributed by atoms with Crippen LogP contribution < -0.4 is 15.0 Å². The van der Waals surface area contributed by atoms with Crippen molar-refractivity contribution in [2.75, 3.05) is 11.5 Å². The number of hydrogen-bond acceptors (Lipinski definition) is 5. The van der Waals surface area contributed by atoms with Crippen molar-refractivity contribution < 1.29 is 23.1 Å². The fourth-order valence-corrected chi connectivity index (χ4v) is 4.19. The van der Waals surface area contributed by atoms with Gasteiger partial charge in [-0.05, 0) is 41.5 Å². The van der Waals surface area contributed by atoms with E-state index in [2.05, 4.69) is 5.32 Å². The van der Waals surface area contributed by atoms with Gasteiger partial charge < -0.3 is 15.0 Å². The summed E-state index contributed by atoms with van der Waals surface area (Å²) in [6.07, 6.45) is 1.48. The number of benzene rings is 2. The molecule has 2 heterocycles. The number of thiocarbonyl (C=S) groups is 1. The number of nitrogens with one attached hydrogen (secondary N) is 1. The summed E-state index contributed by atoms with van der Waals surface area (Å²) < 4.78 is 33.6. The van der Waals surface area contributed by atoms with E-state index in [1.54, 1.807) is 6.07 Å². The highest BCUT2D eigenvalue weighted by Gasteiger charge is 2.29. The van der Waals surface area contributed by atoms with Crippen molar-refractivity contribution in [1.29, 1.82) is 0 Å². The fraction of sp³-hybridized carbons (Fsp3) is 0.105. The summed E-state index contributed by atoms with van der Waals surface area (Å²) in [4.78, 5) is 26.0. The number of fused-ring (bicyclic) bond motifs is 1. The van der Waals surface area contributed by atoms with Crippen molar-refractivity contribution in [3.8, 4) is 5.75 Å². The summed E-state index contributed by atoms with van der Waals surface area (Å²) in [5.41, 5.74) is 1.14. The lowest BCUT2D eigenvalue weighted by Crippen LogP contribution is -2.38. The molecule has 1 N–H and O–H groups in total. The van der Waals surface area contributed by atoms with E-state index in [0.717, 1.165) is 11.8 Å². The van der Waals surface area contributed by atoms with Gasteiger partial charge in [-0.25, -0.2) is 8.78 Å². The smallest absolute Gasteiger partial charge is 0.265 e. The number of anilines is 1. The molecule has 2 aliphatic heterocycles. The zero-order valence-electron chi connectivity index (χ0n) is 14.5. The van der Waals surface area contributed by atoms with E-state index in [1.807, 2.05) is 0 Å². The van der Waals surface area contributed by atoms with Gasteiger partial charge in [0.2, 0.25) is 0 Å². The second kappa shape index (κ2) is 7.74. The number of thioether (sulfide) groups is 1. The van der Waals surface area contributed by atoms with Crippen LogP contribution in [-0.4, -0.2) is 22.7 Å². The molecular weight excluding hydrogens is 442 g/mol. The van der Waals surface area contributed by atoms with Crippen LogP contribution in [0.5, 0.6) is 5.75 Å². The molecule has 0 radical (unpaired) electrons. The molecule has 5 nitrogen and oxygen atoms in total. The largest absolute Gasteiger partial charge is 0.478 e. The van der Waals surface area contributed by atoms with Crippen molar-refractivity contribution >= 4 is 63.5 Å². The number of amides is 2. The predicted molar refractivity (Wildman–Crippen MR) is 111 cm³/mol. The summed E-state index contributed by atoms with van der Waals surface area (Å²) in [6.45, 7) is -0.278. The maximum atomic E-state index is 14.6. The van der Waals surface area contributed by atoms with Crippen LogP contribution in [0.25, 0.3) is 6.08 Å². The molecule has 0 aromatic heterocycles. The van der Waals surface area contributed by atoms with Crippen LogP contribution in [0.15, 0.2) is 35.2 Å². The Morgan fingerprint density at radius 1 is 1.24 bits per heavy atom. The Kier molecular flexibility index (Phi) is 5.28. The minimum Gasteiger partial charge on any atom is -0.478 e. The van der Waals surface area contributed by atoms with Crippen molar-refractivity contribution in [1.82, 2.24) is 5.32 Å². The minimum absolute atomic E-state index is 0.0496. The standard InChI is InChI=1S/C19H11ClF2N2O3S2/c20-11-3-9(1-2-12(11)21)7-24-14-5-10(6-15-18(26)23-19(28)29-15)4-13(22)17(14)27-8-16(24)25/h1-6H,7-8H2,(H,23,26,28)/b15-6+. The van der Waals surface area contributed by atoms with Crippen LogP contribution in [-0.2, 0) is 16.1 Å². The average molecular weight is 453 g/mol. The van der Waals surface area contributed by atoms with E-state index < -0.39 is 17.5 Å². The van der Waals surface area contributed by atoms with Crippen LogP contribution in [0.2, 0.25) is 5.02 Å². The Morgan fingerprint density at radius 3 is 2.72 bits per heavy atom. The number of carbonyl (C=O) groups excluding carboxylic acids is 2. The monoisotopic (exact) mass is 452 g/mol. The number of halogens is 3.